The van der Waals surface area contributed by atoms with Gasteiger partial charge in [0.15, 0.2) is 5.43 Å². The molecular formula is C11H16N2O2. The Kier molecular flexibility index (Phi) is 2.88. The number of morpholine rings is 1. The third-order valence-corrected chi connectivity index (χ3v) is 2.61. The molecule has 0 bridgehead atoms. The van der Waals surface area contributed by atoms with Gasteiger partial charge in [-0.05, 0) is 14.0 Å². The highest BCUT2D eigenvalue weighted by Crippen LogP contribution is 2.18. The Morgan fingerprint density at radius 1 is 1.53 bits per heavy atom. The fraction of sp³-hybridized carbons (Fsp3) is 0.545. The smallest absolute Gasteiger partial charge is 0.182 e. The van der Waals surface area contributed by atoms with Crippen molar-refractivity contribution in [3.05, 3.63) is 33.7 Å². The molecule has 0 aromatic carbocycles. The number of pyridine rings is 1. The van der Waals surface area contributed by atoms with Gasteiger partial charge in [-0.3, -0.25) is 4.79 Å². The molecule has 0 saturated carbocycles. The van der Waals surface area contributed by atoms with Crippen LogP contribution in [0, 0.1) is 6.92 Å². The maximum atomic E-state index is 11.3. The number of ether oxygens (including phenoxy) is 1. The van der Waals surface area contributed by atoms with Crippen LogP contribution in [0.15, 0.2) is 16.9 Å². The minimum absolute atomic E-state index is 0.00338. The highest BCUT2D eigenvalue weighted by molar-refractivity contribution is 5.13. The molecule has 0 aliphatic carbocycles. The molecular weight excluding hydrogens is 192 g/mol. The molecule has 82 valence electrons. The van der Waals surface area contributed by atoms with Crippen molar-refractivity contribution in [2.75, 3.05) is 26.7 Å². The number of nitrogens with zero attached hydrogens (tertiary/aromatic N) is 1. The molecule has 2 heterocycles. The van der Waals surface area contributed by atoms with Gasteiger partial charge in [-0.1, -0.05) is 0 Å². The van der Waals surface area contributed by atoms with Gasteiger partial charge in [0.25, 0.3) is 0 Å². The fourth-order valence-electron chi connectivity index (χ4n) is 1.85. The molecule has 4 nitrogen and oxygen atoms in total. The van der Waals surface area contributed by atoms with Crippen molar-refractivity contribution in [3.63, 3.8) is 0 Å². The number of aryl methyl sites for hydroxylation is 1. The molecule has 1 aliphatic heterocycles. The lowest BCUT2D eigenvalue weighted by Crippen LogP contribution is -2.36. The highest BCUT2D eigenvalue weighted by Gasteiger charge is 2.20. The van der Waals surface area contributed by atoms with Crippen molar-refractivity contribution in [1.29, 1.82) is 0 Å². The predicted octanol–water partition coefficient (Wildman–Crippen LogP) is 0.686. The first-order valence-electron chi connectivity index (χ1n) is 5.16. The van der Waals surface area contributed by atoms with Gasteiger partial charge < -0.3 is 14.6 Å². The summed E-state index contributed by atoms with van der Waals surface area (Å²) in [6.45, 7) is 4.39. The number of nitrogens with one attached hydrogen (secondary N) is 1. The zero-order valence-corrected chi connectivity index (χ0v) is 9.12. The van der Waals surface area contributed by atoms with Crippen molar-refractivity contribution in [1.82, 2.24) is 9.88 Å². The Morgan fingerprint density at radius 2 is 2.33 bits per heavy atom. The summed E-state index contributed by atoms with van der Waals surface area (Å²) in [7, 11) is 2.06. The molecule has 15 heavy (non-hydrogen) atoms. The van der Waals surface area contributed by atoms with Crippen LogP contribution < -0.4 is 5.43 Å². The van der Waals surface area contributed by atoms with E-state index >= 15 is 0 Å². The largest absolute Gasteiger partial charge is 0.369 e. The van der Waals surface area contributed by atoms with Crippen LogP contribution in [-0.2, 0) is 4.74 Å². The minimum atomic E-state index is -0.00338. The van der Waals surface area contributed by atoms with Gasteiger partial charge >= 0.3 is 0 Å². The third kappa shape index (κ3) is 2.46. The van der Waals surface area contributed by atoms with Crippen LogP contribution in [0.5, 0.6) is 0 Å². The molecule has 1 aromatic heterocycles. The van der Waals surface area contributed by atoms with E-state index in [2.05, 4.69) is 16.9 Å². The Morgan fingerprint density at radius 3 is 3.00 bits per heavy atom. The molecule has 2 rings (SSSR count). The standard InChI is InChI=1S/C11H16N2O2/c1-8-5-9(14)6-10(12-8)11-7-13(2)3-4-15-11/h5-6,11H,3-4,7H2,1-2H3,(H,12,14). The summed E-state index contributed by atoms with van der Waals surface area (Å²) in [5.41, 5.74) is 1.80. The van der Waals surface area contributed by atoms with Gasteiger partial charge in [0.2, 0.25) is 0 Å². The van der Waals surface area contributed by atoms with E-state index in [9.17, 15) is 4.79 Å². The lowest BCUT2D eigenvalue weighted by Gasteiger charge is -2.30. The number of aromatic amines is 1. The minimum Gasteiger partial charge on any atom is -0.369 e. The first-order chi connectivity index (χ1) is 7.15. The number of hydrogen-bond donors (Lipinski definition) is 1. The van der Waals surface area contributed by atoms with Crippen molar-refractivity contribution >= 4 is 0 Å². The maximum absolute atomic E-state index is 11.3. The third-order valence-electron chi connectivity index (χ3n) is 2.61. The number of rotatable bonds is 1. The number of hydrogen-bond acceptors (Lipinski definition) is 3. The molecule has 1 fully saturated rings. The Labute approximate surface area is 88.9 Å². The van der Waals surface area contributed by atoms with Crippen molar-refractivity contribution in [2.24, 2.45) is 0 Å². The molecule has 1 N–H and O–H groups in total. The molecule has 0 spiro atoms. The normalized spacial score (nSPS) is 22.9. The molecule has 1 unspecified atom stereocenters. The van der Waals surface area contributed by atoms with E-state index < -0.39 is 0 Å². The lowest BCUT2D eigenvalue weighted by molar-refractivity contribution is -0.0232. The van der Waals surface area contributed by atoms with Crippen LogP contribution in [0.1, 0.15) is 17.5 Å². The molecule has 1 aliphatic rings. The van der Waals surface area contributed by atoms with E-state index in [0.717, 1.165) is 31.1 Å². The molecule has 0 amide bonds. The van der Waals surface area contributed by atoms with Gasteiger partial charge in [-0.15, -0.1) is 0 Å². The number of H-pyrrole nitrogens is 1. The van der Waals surface area contributed by atoms with Crippen LogP contribution in [0.3, 0.4) is 0 Å². The zero-order chi connectivity index (χ0) is 10.8. The van der Waals surface area contributed by atoms with E-state index in [4.69, 9.17) is 4.74 Å². The second-order valence-electron chi connectivity index (χ2n) is 4.08. The summed E-state index contributed by atoms with van der Waals surface area (Å²) in [4.78, 5) is 16.7. The van der Waals surface area contributed by atoms with Crippen molar-refractivity contribution in [3.8, 4) is 0 Å². The SMILES string of the molecule is Cc1cc(=O)cc(C2CN(C)CCO2)[nH]1. The molecule has 0 radical (unpaired) electrons. The van der Waals surface area contributed by atoms with Crippen LogP contribution >= 0.6 is 0 Å². The molecule has 4 heteroatoms. The zero-order valence-electron chi connectivity index (χ0n) is 9.12. The van der Waals surface area contributed by atoms with Gasteiger partial charge in [0, 0.05) is 36.6 Å². The molecule has 1 saturated heterocycles. The summed E-state index contributed by atoms with van der Waals surface area (Å²) in [5, 5.41) is 0. The summed E-state index contributed by atoms with van der Waals surface area (Å²) in [6, 6.07) is 3.22. The first-order valence-corrected chi connectivity index (χ1v) is 5.16. The average Bonchev–Trinajstić information content (AvgIpc) is 2.16. The summed E-state index contributed by atoms with van der Waals surface area (Å²) >= 11 is 0. The number of aromatic nitrogens is 1. The van der Waals surface area contributed by atoms with Gasteiger partial charge in [0.1, 0.15) is 6.10 Å². The van der Waals surface area contributed by atoms with E-state index in [1.807, 2.05) is 6.92 Å². The average molecular weight is 208 g/mol. The first kappa shape index (κ1) is 10.4. The Hall–Kier alpha value is -1.13. The summed E-state index contributed by atoms with van der Waals surface area (Å²) in [6.07, 6.45) is -0.00338. The van der Waals surface area contributed by atoms with Crippen LogP contribution in [0.2, 0.25) is 0 Å². The van der Waals surface area contributed by atoms with E-state index in [1.165, 1.54) is 0 Å². The van der Waals surface area contributed by atoms with E-state index in [0.29, 0.717) is 0 Å². The lowest BCUT2D eigenvalue weighted by atomic mass is 10.2. The monoisotopic (exact) mass is 208 g/mol. The maximum Gasteiger partial charge on any atom is 0.182 e. The predicted molar refractivity (Wildman–Crippen MR) is 58.0 cm³/mol. The number of likely N-dealkylation sites (N-methyl/N-ethyl adjacent to an activating group) is 1. The van der Waals surface area contributed by atoms with E-state index in [-0.39, 0.29) is 11.5 Å². The Balaban J connectivity index is 2.24. The Bertz CT molecular complexity index is 400. The fourth-order valence-corrected chi connectivity index (χ4v) is 1.85. The topological polar surface area (TPSA) is 45.3 Å². The quantitative estimate of drug-likeness (QED) is 0.738. The summed E-state index contributed by atoms with van der Waals surface area (Å²) in [5.74, 6) is 0. The van der Waals surface area contributed by atoms with Gasteiger partial charge in [-0.25, -0.2) is 0 Å². The highest BCUT2D eigenvalue weighted by atomic mass is 16.5. The van der Waals surface area contributed by atoms with Gasteiger partial charge in [-0.2, -0.15) is 0 Å². The van der Waals surface area contributed by atoms with Crippen molar-refractivity contribution < 1.29 is 4.74 Å². The van der Waals surface area contributed by atoms with Crippen LogP contribution in [-0.4, -0.2) is 36.6 Å². The second-order valence-corrected chi connectivity index (χ2v) is 4.08. The molecule has 1 atom stereocenters. The van der Waals surface area contributed by atoms with Crippen LogP contribution in [0.4, 0.5) is 0 Å². The second kappa shape index (κ2) is 4.16. The van der Waals surface area contributed by atoms with Crippen LogP contribution in [0.25, 0.3) is 0 Å². The summed E-state index contributed by atoms with van der Waals surface area (Å²) < 4.78 is 5.63. The molecule has 1 aromatic rings. The van der Waals surface area contributed by atoms with Gasteiger partial charge in [0.05, 0.1) is 6.61 Å². The van der Waals surface area contributed by atoms with E-state index in [1.54, 1.807) is 12.1 Å². The van der Waals surface area contributed by atoms with Crippen molar-refractivity contribution in [2.45, 2.75) is 13.0 Å².